The maximum absolute atomic E-state index is 13.6. The van der Waals surface area contributed by atoms with Crippen molar-refractivity contribution in [1.29, 1.82) is 0 Å². The van der Waals surface area contributed by atoms with Gasteiger partial charge in [-0.05, 0) is 37.1 Å². The molecule has 8 heteroatoms. The second kappa shape index (κ2) is 7.38. The number of nitrogens with one attached hydrogen (secondary N) is 2. The summed E-state index contributed by atoms with van der Waals surface area (Å²) in [5, 5.41) is 5.18. The van der Waals surface area contributed by atoms with Crippen molar-refractivity contribution in [2.45, 2.75) is 25.4 Å². The van der Waals surface area contributed by atoms with Crippen LogP contribution in [0.5, 0.6) is 0 Å². The van der Waals surface area contributed by atoms with E-state index in [4.69, 9.17) is 0 Å². The number of hydrogen-bond acceptors (Lipinski definition) is 3. The third kappa shape index (κ3) is 3.58. The van der Waals surface area contributed by atoms with E-state index >= 15 is 0 Å². The molecule has 28 heavy (non-hydrogen) atoms. The lowest BCUT2D eigenvalue weighted by atomic mass is 9.92. The number of hydrogen-bond donors (Lipinski definition) is 2. The van der Waals surface area contributed by atoms with Gasteiger partial charge in [0.25, 0.3) is 5.91 Å². The summed E-state index contributed by atoms with van der Waals surface area (Å²) >= 11 is 0. The van der Waals surface area contributed by atoms with Crippen LogP contribution in [0.1, 0.15) is 31.0 Å². The minimum Gasteiger partial charge on any atom is -0.348 e. The van der Waals surface area contributed by atoms with E-state index in [1.54, 1.807) is 6.92 Å². The van der Waals surface area contributed by atoms with Gasteiger partial charge in [0.05, 0.1) is 6.04 Å². The average molecular weight is 387 g/mol. The van der Waals surface area contributed by atoms with E-state index in [2.05, 4.69) is 10.6 Å². The fourth-order valence-corrected chi connectivity index (χ4v) is 3.10. The molecule has 1 heterocycles. The van der Waals surface area contributed by atoms with Gasteiger partial charge in [-0.15, -0.1) is 0 Å². The lowest BCUT2D eigenvalue weighted by Crippen LogP contribution is -2.43. The first-order chi connectivity index (χ1) is 13.2. The van der Waals surface area contributed by atoms with E-state index in [-0.39, 0.29) is 11.6 Å². The molecule has 0 saturated carbocycles. The van der Waals surface area contributed by atoms with E-state index in [1.165, 1.54) is 13.0 Å². The lowest BCUT2D eigenvalue weighted by molar-refractivity contribution is -0.135. The van der Waals surface area contributed by atoms with Crippen LogP contribution >= 0.6 is 0 Å². The van der Waals surface area contributed by atoms with E-state index in [1.807, 2.05) is 30.3 Å². The van der Waals surface area contributed by atoms with E-state index in [0.717, 1.165) is 22.6 Å². The number of halogens is 2. The Morgan fingerprint density at radius 1 is 1.14 bits per heavy atom. The van der Waals surface area contributed by atoms with Gasteiger partial charge in [-0.25, -0.2) is 13.6 Å². The van der Waals surface area contributed by atoms with Crippen molar-refractivity contribution in [1.82, 2.24) is 15.5 Å². The first-order valence-corrected chi connectivity index (χ1v) is 8.66. The standard InChI is InChI=1S/C20H19F2N3O3/c1-12(13-6-4-3-5-7-13)23-17(26)11-25-18(27)20(2,24-19(25)28)14-8-9-15(21)16(22)10-14/h3-10,12H,11H2,1-2H3,(H,23,26)(H,24,28). The highest BCUT2D eigenvalue weighted by Gasteiger charge is 2.49. The van der Waals surface area contributed by atoms with Crippen molar-refractivity contribution in [2.75, 3.05) is 6.54 Å². The second-order valence-corrected chi connectivity index (χ2v) is 6.78. The minimum atomic E-state index is -1.59. The van der Waals surface area contributed by atoms with E-state index in [0.29, 0.717) is 0 Å². The Bertz CT molecular complexity index is 936. The molecule has 1 aliphatic rings. The van der Waals surface area contributed by atoms with Gasteiger partial charge in [-0.1, -0.05) is 36.4 Å². The SMILES string of the molecule is CC(NC(=O)CN1C(=O)NC(C)(c2ccc(F)c(F)c2)C1=O)c1ccccc1. The zero-order valence-corrected chi connectivity index (χ0v) is 15.3. The molecule has 2 atom stereocenters. The number of rotatable bonds is 5. The average Bonchev–Trinajstić information content (AvgIpc) is 2.88. The van der Waals surface area contributed by atoms with Crippen LogP contribution in [-0.2, 0) is 15.1 Å². The number of carbonyl (C=O) groups is 3. The summed E-state index contributed by atoms with van der Waals surface area (Å²) in [6, 6.07) is 11.1. The third-order valence-electron chi connectivity index (χ3n) is 4.75. The number of amides is 4. The summed E-state index contributed by atoms with van der Waals surface area (Å²) in [7, 11) is 0. The predicted octanol–water partition coefficient (Wildman–Crippen LogP) is 2.61. The second-order valence-electron chi connectivity index (χ2n) is 6.78. The van der Waals surface area contributed by atoms with Crippen LogP contribution in [0.4, 0.5) is 13.6 Å². The highest BCUT2D eigenvalue weighted by molar-refractivity contribution is 6.09. The molecule has 1 aliphatic heterocycles. The van der Waals surface area contributed by atoms with Gasteiger partial charge in [-0.3, -0.25) is 14.5 Å². The summed E-state index contributed by atoms with van der Waals surface area (Å²) < 4.78 is 26.7. The topological polar surface area (TPSA) is 78.5 Å². The third-order valence-corrected chi connectivity index (χ3v) is 4.75. The van der Waals surface area contributed by atoms with Gasteiger partial charge in [-0.2, -0.15) is 0 Å². The molecular weight excluding hydrogens is 368 g/mol. The number of benzene rings is 2. The van der Waals surface area contributed by atoms with Crippen LogP contribution in [0, 0.1) is 11.6 Å². The van der Waals surface area contributed by atoms with Crippen LogP contribution in [0.15, 0.2) is 48.5 Å². The fourth-order valence-electron chi connectivity index (χ4n) is 3.10. The summed E-state index contributed by atoms with van der Waals surface area (Å²) in [6.07, 6.45) is 0. The molecule has 0 radical (unpaired) electrons. The largest absolute Gasteiger partial charge is 0.348 e. The van der Waals surface area contributed by atoms with E-state index < -0.39 is 41.6 Å². The minimum absolute atomic E-state index is 0.0883. The molecule has 0 aromatic heterocycles. The smallest absolute Gasteiger partial charge is 0.325 e. The maximum atomic E-state index is 13.6. The van der Waals surface area contributed by atoms with Crippen LogP contribution in [0.3, 0.4) is 0 Å². The lowest BCUT2D eigenvalue weighted by Gasteiger charge is -2.22. The Balaban J connectivity index is 1.73. The van der Waals surface area contributed by atoms with Crippen molar-refractivity contribution in [3.63, 3.8) is 0 Å². The first kappa shape index (κ1) is 19.5. The molecule has 0 aliphatic carbocycles. The maximum Gasteiger partial charge on any atom is 0.325 e. The molecule has 2 unspecified atom stereocenters. The predicted molar refractivity (Wildman–Crippen MR) is 97.0 cm³/mol. The van der Waals surface area contributed by atoms with Crippen molar-refractivity contribution in [3.05, 3.63) is 71.3 Å². The summed E-state index contributed by atoms with van der Waals surface area (Å²) in [5.74, 6) is -3.43. The molecule has 2 N–H and O–H groups in total. The van der Waals surface area contributed by atoms with Gasteiger partial charge in [0.2, 0.25) is 5.91 Å². The van der Waals surface area contributed by atoms with Crippen molar-refractivity contribution < 1.29 is 23.2 Å². The summed E-state index contributed by atoms with van der Waals surface area (Å²) in [6.45, 7) is 2.68. The highest BCUT2D eigenvalue weighted by atomic mass is 19.2. The Hall–Kier alpha value is -3.29. The van der Waals surface area contributed by atoms with Crippen LogP contribution in [0.25, 0.3) is 0 Å². The molecule has 2 aromatic rings. The molecule has 4 amide bonds. The monoisotopic (exact) mass is 387 g/mol. The molecule has 1 saturated heterocycles. The van der Waals surface area contributed by atoms with Gasteiger partial charge in [0, 0.05) is 0 Å². The highest BCUT2D eigenvalue weighted by Crippen LogP contribution is 2.29. The normalized spacial score (nSPS) is 20.1. The number of urea groups is 1. The number of imide groups is 1. The molecule has 3 rings (SSSR count). The molecule has 6 nitrogen and oxygen atoms in total. The molecule has 146 valence electrons. The van der Waals surface area contributed by atoms with E-state index in [9.17, 15) is 23.2 Å². The van der Waals surface area contributed by atoms with Gasteiger partial charge in [0.15, 0.2) is 11.6 Å². The zero-order valence-electron chi connectivity index (χ0n) is 15.3. The first-order valence-electron chi connectivity index (χ1n) is 8.66. The number of nitrogens with zero attached hydrogens (tertiary/aromatic N) is 1. The molecular formula is C20H19F2N3O3. The zero-order chi connectivity index (χ0) is 20.5. The Morgan fingerprint density at radius 2 is 1.82 bits per heavy atom. The Labute approximate surface area is 160 Å². The fraction of sp³-hybridized carbons (Fsp3) is 0.250. The summed E-state index contributed by atoms with van der Waals surface area (Å²) in [5.41, 5.74) is -0.623. The Kier molecular flexibility index (Phi) is 5.13. The van der Waals surface area contributed by atoms with Crippen molar-refractivity contribution in [2.24, 2.45) is 0 Å². The van der Waals surface area contributed by atoms with Gasteiger partial charge >= 0.3 is 6.03 Å². The van der Waals surface area contributed by atoms with Crippen molar-refractivity contribution in [3.8, 4) is 0 Å². The van der Waals surface area contributed by atoms with Gasteiger partial charge < -0.3 is 10.6 Å². The van der Waals surface area contributed by atoms with Gasteiger partial charge in [0.1, 0.15) is 12.1 Å². The molecule has 0 spiro atoms. The van der Waals surface area contributed by atoms with Crippen LogP contribution in [0.2, 0.25) is 0 Å². The Morgan fingerprint density at radius 3 is 2.46 bits per heavy atom. The number of carbonyl (C=O) groups excluding carboxylic acids is 3. The molecule has 2 aromatic carbocycles. The quantitative estimate of drug-likeness (QED) is 0.774. The van der Waals surface area contributed by atoms with Crippen molar-refractivity contribution >= 4 is 17.8 Å². The summed E-state index contributed by atoms with van der Waals surface area (Å²) in [4.78, 5) is 38.1. The van der Waals surface area contributed by atoms with Crippen LogP contribution in [-0.4, -0.2) is 29.3 Å². The van der Waals surface area contributed by atoms with Crippen LogP contribution < -0.4 is 10.6 Å². The molecule has 0 bridgehead atoms. The molecule has 1 fully saturated rings.